The minimum absolute atomic E-state index is 0.0399. The highest BCUT2D eigenvalue weighted by molar-refractivity contribution is 6.29. The highest BCUT2D eigenvalue weighted by Crippen LogP contribution is 2.23. The Morgan fingerprint density at radius 1 is 1.07 bits per heavy atom. The molecule has 0 fully saturated rings. The average Bonchev–Trinajstić information content (AvgIpc) is 3.03. The third-order valence-corrected chi connectivity index (χ3v) is 3.76. The highest BCUT2D eigenvalue weighted by atomic mass is 35.5. The summed E-state index contributed by atoms with van der Waals surface area (Å²) in [4.78, 5) is 36.7. The van der Waals surface area contributed by atoms with E-state index in [2.05, 4.69) is 36.0 Å². The average molecular weight is 387 g/mol. The second-order valence-electron chi connectivity index (χ2n) is 5.35. The second-order valence-corrected chi connectivity index (χ2v) is 5.73. The van der Waals surface area contributed by atoms with Gasteiger partial charge in [-0.2, -0.15) is 5.10 Å². The van der Waals surface area contributed by atoms with Crippen molar-refractivity contribution in [2.75, 3.05) is 17.7 Å². The summed E-state index contributed by atoms with van der Waals surface area (Å²) >= 11 is 5.95. The molecule has 3 rings (SSSR count). The number of halogens is 1. The molecule has 0 saturated heterocycles. The van der Waals surface area contributed by atoms with Crippen LogP contribution in [0.15, 0.2) is 37.1 Å². The molecule has 2 amide bonds. The van der Waals surface area contributed by atoms with Gasteiger partial charge in [-0.05, 0) is 12.1 Å². The van der Waals surface area contributed by atoms with Gasteiger partial charge in [0.1, 0.15) is 17.2 Å². The quantitative estimate of drug-likeness (QED) is 0.568. The van der Waals surface area contributed by atoms with Gasteiger partial charge in [-0.25, -0.2) is 15.0 Å². The first-order valence-corrected chi connectivity index (χ1v) is 8.11. The number of carbonyl (C=O) groups excluding carboxylic acids is 2. The summed E-state index contributed by atoms with van der Waals surface area (Å²) in [7, 11) is 3.09. The monoisotopic (exact) mass is 386 g/mol. The minimum atomic E-state index is -0.560. The standard InChI is InChI=1S/C16H15ClN8O2/c1-18-16(27)14-11(7-21-25(14)2)23-15(26)13-10(3-4-12(17)24-13)22-9-5-19-8-20-6-9/h3-8,22H,1-2H3,(H,18,27)(H,23,26). The van der Waals surface area contributed by atoms with Crippen LogP contribution in [-0.4, -0.2) is 43.6 Å². The van der Waals surface area contributed by atoms with E-state index in [-0.39, 0.29) is 28.1 Å². The molecule has 3 aromatic heterocycles. The maximum absolute atomic E-state index is 12.8. The Bertz CT molecular complexity index is 989. The third-order valence-electron chi connectivity index (χ3n) is 3.55. The van der Waals surface area contributed by atoms with Crippen LogP contribution in [0, 0.1) is 0 Å². The maximum atomic E-state index is 12.8. The van der Waals surface area contributed by atoms with E-state index in [0.717, 1.165) is 0 Å². The minimum Gasteiger partial charge on any atom is -0.354 e. The summed E-state index contributed by atoms with van der Waals surface area (Å²) < 4.78 is 1.36. The SMILES string of the molecule is CNC(=O)c1c(NC(=O)c2nc(Cl)ccc2Nc2cncnc2)cnn1C. The van der Waals surface area contributed by atoms with Gasteiger partial charge in [-0.3, -0.25) is 14.3 Å². The lowest BCUT2D eigenvalue weighted by atomic mass is 10.2. The molecule has 0 aliphatic carbocycles. The van der Waals surface area contributed by atoms with E-state index >= 15 is 0 Å². The number of nitrogens with one attached hydrogen (secondary N) is 3. The zero-order valence-corrected chi connectivity index (χ0v) is 15.2. The molecular weight excluding hydrogens is 372 g/mol. The smallest absolute Gasteiger partial charge is 0.276 e. The number of aromatic nitrogens is 5. The number of hydrogen-bond donors (Lipinski definition) is 3. The molecule has 0 bridgehead atoms. The molecule has 138 valence electrons. The van der Waals surface area contributed by atoms with Crippen molar-refractivity contribution in [1.82, 2.24) is 30.0 Å². The first kappa shape index (κ1) is 18.3. The largest absolute Gasteiger partial charge is 0.354 e. The molecule has 0 unspecified atom stereocenters. The van der Waals surface area contributed by atoms with Crippen LogP contribution in [0.4, 0.5) is 17.1 Å². The van der Waals surface area contributed by atoms with Gasteiger partial charge in [-0.1, -0.05) is 11.6 Å². The topological polar surface area (TPSA) is 127 Å². The number of rotatable bonds is 5. The Hall–Kier alpha value is -3.53. The summed E-state index contributed by atoms with van der Waals surface area (Å²) in [6, 6.07) is 3.16. The second kappa shape index (κ2) is 7.79. The van der Waals surface area contributed by atoms with Gasteiger partial charge < -0.3 is 16.0 Å². The van der Waals surface area contributed by atoms with Crippen molar-refractivity contribution in [3.05, 3.63) is 53.6 Å². The lowest BCUT2D eigenvalue weighted by molar-refractivity contribution is 0.0954. The Labute approximate surface area is 159 Å². The summed E-state index contributed by atoms with van der Waals surface area (Å²) in [6.07, 6.45) is 5.87. The van der Waals surface area contributed by atoms with Gasteiger partial charge >= 0.3 is 0 Å². The molecule has 0 aliphatic heterocycles. The summed E-state index contributed by atoms with van der Waals surface area (Å²) in [6.45, 7) is 0. The van der Waals surface area contributed by atoms with Crippen molar-refractivity contribution in [1.29, 1.82) is 0 Å². The van der Waals surface area contributed by atoms with Gasteiger partial charge in [0.2, 0.25) is 0 Å². The summed E-state index contributed by atoms with van der Waals surface area (Å²) in [5.41, 5.74) is 1.47. The van der Waals surface area contributed by atoms with E-state index in [9.17, 15) is 9.59 Å². The zero-order chi connectivity index (χ0) is 19.4. The Balaban J connectivity index is 1.91. The molecule has 0 spiro atoms. The number of nitrogens with zero attached hydrogens (tertiary/aromatic N) is 5. The fourth-order valence-corrected chi connectivity index (χ4v) is 2.47. The van der Waals surface area contributed by atoms with E-state index in [1.54, 1.807) is 31.6 Å². The Morgan fingerprint density at radius 3 is 2.52 bits per heavy atom. The fraction of sp³-hybridized carbons (Fsp3) is 0.125. The van der Waals surface area contributed by atoms with Crippen LogP contribution < -0.4 is 16.0 Å². The fourth-order valence-electron chi connectivity index (χ4n) is 2.33. The number of pyridine rings is 1. The number of hydrogen-bond acceptors (Lipinski definition) is 7. The molecule has 3 aromatic rings. The Morgan fingerprint density at radius 2 is 1.81 bits per heavy atom. The van der Waals surface area contributed by atoms with Crippen LogP contribution in [0.3, 0.4) is 0 Å². The van der Waals surface area contributed by atoms with Crippen molar-refractivity contribution >= 4 is 40.5 Å². The van der Waals surface area contributed by atoms with Crippen LogP contribution in [0.2, 0.25) is 5.15 Å². The highest BCUT2D eigenvalue weighted by Gasteiger charge is 2.21. The van der Waals surface area contributed by atoms with Crippen LogP contribution in [0.1, 0.15) is 21.0 Å². The van der Waals surface area contributed by atoms with Gasteiger partial charge in [0.25, 0.3) is 11.8 Å². The number of carbonyl (C=O) groups is 2. The molecule has 0 aliphatic rings. The van der Waals surface area contributed by atoms with E-state index in [4.69, 9.17) is 11.6 Å². The molecule has 27 heavy (non-hydrogen) atoms. The van der Waals surface area contributed by atoms with Crippen molar-refractivity contribution in [2.45, 2.75) is 0 Å². The van der Waals surface area contributed by atoms with E-state index in [1.807, 2.05) is 0 Å². The lowest BCUT2D eigenvalue weighted by Gasteiger charge is -2.11. The van der Waals surface area contributed by atoms with Crippen molar-refractivity contribution < 1.29 is 9.59 Å². The predicted molar refractivity (Wildman–Crippen MR) is 99.1 cm³/mol. The maximum Gasteiger partial charge on any atom is 0.276 e. The lowest BCUT2D eigenvalue weighted by Crippen LogP contribution is -2.24. The molecule has 0 atom stereocenters. The van der Waals surface area contributed by atoms with Crippen molar-refractivity contribution in [2.24, 2.45) is 7.05 Å². The van der Waals surface area contributed by atoms with Gasteiger partial charge in [0.05, 0.1) is 35.7 Å². The number of aryl methyl sites for hydroxylation is 1. The molecule has 11 heteroatoms. The van der Waals surface area contributed by atoms with Crippen LogP contribution in [0.5, 0.6) is 0 Å². The van der Waals surface area contributed by atoms with E-state index < -0.39 is 5.91 Å². The molecular formula is C16H15ClN8O2. The zero-order valence-electron chi connectivity index (χ0n) is 14.4. The number of amides is 2. The summed E-state index contributed by atoms with van der Waals surface area (Å²) in [5, 5.41) is 12.3. The van der Waals surface area contributed by atoms with Gasteiger partial charge in [0, 0.05) is 14.1 Å². The molecule has 3 N–H and O–H groups in total. The molecule has 0 radical (unpaired) electrons. The Kier molecular flexibility index (Phi) is 5.27. The molecule has 0 aromatic carbocycles. The third kappa shape index (κ3) is 4.01. The van der Waals surface area contributed by atoms with Gasteiger partial charge in [0.15, 0.2) is 5.69 Å². The molecule has 0 saturated carbocycles. The predicted octanol–water partition coefficient (Wildman–Crippen LogP) is 1.61. The number of anilines is 3. The first-order valence-electron chi connectivity index (χ1n) is 7.73. The van der Waals surface area contributed by atoms with Gasteiger partial charge in [-0.15, -0.1) is 0 Å². The van der Waals surface area contributed by atoms with Crippen LogP contribution >= 0.6 is 11.6 Å². The molecule has 10 nitrogen and oxygen atoms in total. The van der Waals surface area contributed by atoms with Crippen LogP contribution in [0.25, 0.3) is 0 Å². The van der Waals surface area contributed by atoms with E-state index in [0.29, 0.717) is 11.4 Å². The summed E-state index contributed by atoms with van der Waals surface area (Å²) in [5.74, 6) is -0.945. The van der Waals surface area contributed by atoms with E-state index in [1.165, 1.54) is 24.3 Å². The van der Waals surface area contributed by atoms with Crippen molar-refractivity contribution in [3.63, 3.8) is 0 Å². The normalized spacial score (nSPS) is 10.3. The van der Waals surface area contributed by atoms with Crippen LogP contribution in [-0.2, 0) is 7.05 Å². The first-order chi connectivity index (χ1) is 13.0. The van der Waals surface area contributed by atoms with Crippen molar-refractivity contribution in [3.8, 4) is 0 Å². The molecule has 3 heterocycles.